The number of hydrogen-bond donors (Lipinski definition) is 1. The maximum atomic E-state index is 12.6. The number of hydrogen-bond acceptors (Lipinski definition) is 2. The Labute approximate surface area is 78.0 Å². The summed E-state index contributed by atoms with van der Waals surface area (Å²) in [6.45, 7) is 5.94. The number of nitrogens with two attached hydrogens (primary N) is 1. The lowest BCUT2D eigenvalue weighted by Gasteiger charge is -2.28. The fraction of sp³-hybridized carbons (Fsp3) is 0.500. The molecule has 2 nitrogen and oxygen atoms in total. The van der Waals surface area contributed by atoms with Gasteiger partial charge in [-0.05, 0) is 25.0 Å². The van der Waals surface area contributed by atoms with Gasteiger partial charge in [0.1, 0.15) is 5.82 Å². The average Bonchev–Trinajstić information content (AvgIpc) is 2.04. The Kier molecular flexibility index (Phi) is 2.66. The topological polar surface area (TPSA) is 38.9 Å². The van der Waals surface area contributed by atoms with Crippen molar-refractivity contribution in [2.75, 3.05) is 0 Å². The van der Waals surface area contributed by atoms with Crippen molar-refractivity contribution in [1.82, 2.24) is 4.98 Å². The van der Waals surface area contributed by atoms with Crippen molar-refractivity contribution >= 4 is 0 Å². The van der Waals surface area contributed by atoms with Gasteiger partial charge in [0.25, 0.3) is 0 Å². The summed E-state index contributed by atoms with van der Waals surface area (Å²) < 4.78 is 12.6. The van der Waals surface area contributed by atoms with Gasteiger partial charge in [-0.1, -0.05) is 13.8 Å². The van der Waals surface area contributed by atoms with Crippen molar-refractivity contribution in [1.29, 1.82) is 0 Å². The van der Waals surface area contributed by atoms with E-state index in [1.807, 2.05) is 20.8 Å². The summed E-state index contributed by atoms with van der Waals surface area (Å²) in [5, 5.41) is 0. The quantitative estimate of drug-likeness (QED) is 0.760. The first kappa shape index (κ1) is 10.1. The van der Waals surface area contributed by atoms with Gasteiger partial charge in [-0.25, -0.2) is 4.39 Å². The summed E-state index contributed by atoms with van der Waals surface area (Å²) in [6.07, 6.45) is 1.20. The van der Waals surface area contributed by atoms with E-state index in [-0.39, 0.29) is 11.7 Å². The Bertz CT molecular complexity index is 277. The van der Waals surface area contributed by atoms with Crippen LogP contribution in [0.3, 0.4) is 0 Å². The van der Waals surface area contributed by atoms with Crippen molar-refractivity contribution in [3.63, 3.8) is 0 Å². The van der Waals surface area contributed by atoms with Crippen molar-refractivity contribution in [2.24, 2.45) is 11.7 Å². The summed E-state index contributed by atoms with van der Waals surface area (Å²) >= 11 is 0. The fourth-order valence-corrected chi connectivity index (χ4v) is 0.990. The minimum atomic E-state index is -0.492. The van der Waals surface area contributed by atoms with Crippen LogP contribution in [0.1, 0.15) is 26.5 Å². The summed E-state index contributed by atoms with van der Waals surface area (Å²) in [5.41, 5.74) is 6.28. The van der Waals surface area contributed by atoms with Gasteiger partial charge in [0.05, 0.1) is 17.4 Å². The zero-order valence-corrected chi connectivity index (χ0v) is 8.21. The van der Waals surface area contributed by atoms with E-state index in [9.17, 15) is 4.39 Å². The molecule has 0 aliphatic heterocycles. The molecule has 1 heterocycles. The van der Waals surface area contributed by atoms with Gasteiger partial charge in [-0.2, -0.15) is 0 Å². The number of nitrogens with zero attached hydrogens (tertiary/aromatic N) is 1. The van der Waals surface area contributed by atoms with Crippen LogP contribution < -0.4 is 5.73 Å². The molecule has 0 fully saturated rings. The van der Waals surface area contributed by atoms with E-state index in [1.165, 1.54) is 12.3 Å². The van der Waals surface area contributed by atoms with E-state index < -0.39 is 5.54 Å². The van der Waals surface area contributed by atoms with Crippen LogP contribution in [0.15, 0.2) is 18.3 Å². The molecular weight excluding hydrogens is 167 g/mol. The van der Waals surface area contributed by atoms with Crippen LogP contribution >= 0.6 is 0 Å². The minimum Gasteiger partial charge on any atom is -0.320 e. The van der Waals surface area contributed by atoms with Gasteiger partial charge in [0, 0.05) is 0 Å². The van der Waals surface area contributed by atoms with Gasteiger partial charge in [0.2, 0.25) is 0 Å². The van der Waals surface area contributed by atoms with Gasteiger partial charge in [-0.3, -0.25) is 4.98 Å². The van der Waals surface area contributed by atoms with E-state index in [0.29, 0.717) is 0 Å². The fourth-order valence-electron chi connectivity index (χ4n) is 0.990. The van der Waals surface area contributed by atoms with Crippen molar-refractivity contribution in [2.45, 2.75) is 26.3 Å². The Morgan fingerprint density at radius 2 is 2.08 bits per heavy atom. The Balaban J connectivity index is 3.01. The Hall–Kier alpha value is -0.960. The van der Waals surface area contributed by atoms with Crippen LogP contribution in [0.25, 0.3) is 0 Å². The molecule has 0 aromatic carbocycles. The second kappa shape index (κ2) is 3.42. The van der Waals surface area contributed by atoms with E-state index in [1.54, 1.807) is 6.07 Å². The minimum absolute atomic E-state index is 0.269. The molecule has 1 unspecified atom stereocenters. The molecule has 0 aliphatic carbocycles. The lowest BCUT2D eigenvalue weighted by molar-refractivity contribution is 0.340. The summed E-state index contributed by atoms with van der Waals surface area (Å²) in [4.78, 5) is 3.97. The highest BCUT2D eigenvalue weighted by molar-refractivity contribution is 5.15. The summed E-state index contributed by atoms with van der Waals surface area (Å²) in [7, 11) is 0. The molecule has 0 radical (unpaired) electrons. The highest BCUT2D eigenvalue weighted by atomic mass is 19.1. The third-order valence-corrected chi connectivity index (χ3v) is 2.48. The molecule has 0 saturated carbocycles. The Morgan fingerprint density at radius 1 is 1.46 bits per heavy atom. The lowest BCUT2D eigenvalue weighted by Crippen LogP contribution is -2.39. The van der Waals surface area contributed by atoms with Crippen LogP contribution in [-0.4, -0.2) is 4.98 Å². The molecule has 3 heteroatoms. The number of pyridine rings is 1. The van der Waals surface area contributed by atoms with E-state index in [2.05, 4.69) is 4.98 Å². The summed E-state index contributed by atoms with van der Waals surface area (Å²) in [6, 6.07) is 3.02. The van der Waals surface area contributed by atoms with E-state index in [4.69, 9.17) is 5.73 Å². The number of rotatable bonds is 2. The molecule has 0 spiro atoms. The number of halogens is 1. The molecule has 1 aromatic rings. The maximum Gasteiger partial charge on any atom is 0.141 e. The SMILES string of the molecule is CC(C)C(C)(N)c1ccc(F)cn1. The second-order valence-electron chi connectivity index (χ2n) is 3.80. The first-order valence-corrected chi connectivity index (χ1v) is 4.35. The van der Waals surface area contributed by atoms with Crippen molar-refractivity contribution in [3.8, 4) is 0 Å². The molecule has 2 N–H and O–H groups in total. The molecule has 1 rings (SSSR count). The van der Waals surface area contributed by atoms with Crippen LogP contribution in [-0.2, 0) is 5.54 Å². The van der Waals surface area contributed by atoms with Crippen LogP contribution in [0, 0.1) is 11.7 Å². The summed E-state index contributed by atoms with van der Waals surface area (Å²) in [5.74, 6) is -0.0613. The van der Waals surface area contributed by atoms with Gasteiger partial charge in [0.15, 0.2) is 0 Å². The smallest absolute Gasteiger partial charge is 0.141 e. The predicted octanol–water partition coefficient (Wildman–Crippen LogP) is 2.05. The molecule has 0 amide bonds. The van der Waals surface area contributed by atoms with Gasteiger partial charge >= 0.3 is 0 Å². The average molecular weight is 182 g/mol. The first-order chi connectivity index (χ1) is 5.94. The first-order valence-electron chi connectivity index (χ1n) is 4.35. The maximum absolute atomic E-state index is 12.6. The molecule has 0 bridgehead atoms. The highest BCUT2D eigenvalue weighted by Crippen LogP contribution is 2.23. The van der Waals surface area contributed by atoms with E-state index >= 15 is 0 Å². The third-order valence-electron chi connectivity index (χ3n) is 2.48. The number of aromatic nitrogens is 1. The lowest BCUT2D eigenvalue weighted by atomic mass is 9.86. The molecule has 72 valence electrons. The standard InChI is InChI=1S/C10H15FN2/c1-7(2)10(3,12)9-5-4-8(11)6-13-9/h4-7H,12H2,1-3H3. The van der Waals surface area contributed by atoms with Gasteiger partial charge < -0.3 is 5.73 Å². The molecule has 0 saturated heterocycles. The van der Waals surface area contributed by atoms with Crippen molar-refractivity contribution in [3.05, 3.63) is 29.8 Å². The van der Waals surface area contributed by atoms with Crippen LogP contribution in [0.2, 0.25) is 0 Å². The van der Waals surface area contributed by atoms with E-state index in [0.717, 1.165) is 5.69 Å². The second-order valence-corrected chi connectivity index (χ2v) is 3.80. The molecular formula is C10H15FN2. The zero-order valence-electron chi connectivity index (χ0n) is 8.21. The normalized spacial score (nSPS) is 15.8. The van der Waals surface area contributed by atoms with Gasteiger partial charge in [-0.15, -0.1) is 0 Å². The van der Waals surface area contributed by atoms with Crippen LogP contribution in [0.5, 0.6) is 0 Å². The Morgan fingerprint density at radius 3 is 2.46 bits per heavy atom. The highest BCUT2D eigenvalue weighted by Gasteiger charge is 2.26. The van der Waals surface area contributed by atoms with Crippen molar-refractivity contribution < 1.29 is 4.39 Å². The zero-order chi connectivity index (χ0) is 10.1. The monoisotopic (exact) mass is 182 g/mol. The molecule has 13 heavy (non-hydrogen) atoms. The molecule has 1 atom stereocenters. The predicted molar refractivity (Wildman–Crippen MR) is 50.6 cm³/mol. The third kappa shape index (κ3) is 2.04. The largest absolute Gasteiger partial charge is 0.320 e. The van der Waals surface area contributed by atoms with Crippen LogP contribution in [0.4, 0.5) is 4.39 Å². The molecule has 0 aliphatic rings. The molecule has 1 aromatic heterocycles.